The summed E-state index contributed by atoms with van der Waals surface area (Å²) in [5.41, 5.74) is 5.57. The molecule has 0 aromatic heterocycles. The number of hydrogen-bond acceptors (Lipinski definition) is 2. The van der Waals surface area contributed by atoms with Gasteiger partial charge in [-0.2, -0.15) is 0 Å². The third-order valence-electron chi connectivity index (χ3n) is 3.42. The van der Waals surface area contributed by atoms with E-state index in [9.17, 15) is 9.59 Å². The van der Waals surface area contributed by atoms with Crippen LogP contribution in [0.3, 0.4) is 0 Å². The molecule has 22 heavy (non-hydrogen) atoms. The van der Waals surface area contributed by atoms with Crippen molar-refractivity contribution >= 4 is 23.2 Å². The zero-order valence-corrected chi connectivity index (χ0v) is 13.3. The highest BCUT2D eigenvalue weighted by Crippen LogP contribution is 2.32. The predicted molar refractivity (Wildman–Crippen MR) is 90.0 cm³/mol. The number of carbonyl (C=O) groups excluding carboxylic acids is 2. The van der Waals surface area contributed by atoms with Crippen LogP contribution in [0.15, 0.2) is 36.4 Å². The summed E-state index contributed by atoms with van der Waals surface area (Å²) < 4.78 is 0. The summed E-state index contributed by atoms with van der Waals surface area (Å²) in [6.07, 6.45) is 0. The number of anilines is 2. The lowest BCUT2D eigenvalue weighted by Gasteiger charge is -2.15. The normalized spacial score (nSPS) is 10.2. The first kappa shape index (κ1) is 15.8. The molecule has 0 aliphatic heterocycles. The highest BCUT2D eigenvalue weighted by atomic mass is 16.2. The number of amides is 2. The molecule has 0 atom stereocenters. The van der Waals surface area contributed by atoms with Gasteiger partial charge in [-0.25, -0.2) is 0 Å². The molecule has 0 aliphatic rings. The van der Waals surface area contributed by atoms with E-state index in [1.165, 1.54) is 13.8 Å². The van der Waals surface area contributed by atoms with Crippen molar-refractivity contribution in [3.8, 4) is 11.1 Å². The van der Waals surface area contributed by atoms with Gasteiger partial charge in [-0.05, 0) is 42.7 Å². The number of hydrogen-bond donors (Lipinski definition) is 2. The van der Waals surface area contributed by atoms with E-state index in [0.29, 0.717) is 0 Å². The second kappa shape index (κ2) is 6.43. The number of benzene rings is 2. The summed E-state index contributed by atoms with van der Waals surface area (Å²) >= 11 is 0. The van der Waals surface area contributed by atoms with E-state index in [4.69, 9.17) is 0 Å². The second-order valence-electron chi connectivity index (χ2n) is 5.39. The minimum absolute atomic E-state index is 0.0923. The molecule has 0 aliphatic carbocycles. The molecule has 114 valence electrons. The molecular weight excluding hydrogens is 276 g/mol. The molecule has 2 aromatic rings. The molecule has 2 N–H and O–H groups in total. The van der Waals surface area contributed by atoms with Crippen molar-refractivity contribution in [2.45, 2.75) is 27.7 Å². The Bertz CT molecular complexity index is 736. The van der Waals surface area contributed by atoms with Gasteiger partial charge in [0.1, 0.15) is 0 Å². The quantitative estimate of drug-likeness (QED) is 0.902. The minimum Gasteiger partial charge on any atom is -0.326 e. The van der Waals surface area contributed by atoms with Crippen LogP contribution >= 0.6 is 0 Å². The predicted octanol–water partition coefficient (Wildman–Crippen LogP) is 3.89. The van der Waals surface area contributed by atoms with Gasteiger partial charge in [-0.1, -0.05) is 24.3 Å². The summed E-state index contributed by atoms with van der Waals surface area (Å²) in [6.45, 7) is 6.90. The van der Waals surface area contributed by atoms with E-state index in [-0.39, 0.29) is 11.8 Å². The number of para-hydroxylation sites is 1. The minimum atomic E-state index is -0.0952. The first-order valence-electron chi connectivity index (χ1n) is 7.14. The smallest absolute Gasteiger partial charge is 0.221 e. The molecular formula is C18H20N2O2. The third-order valence-corrected chi connectivity index (χ3v) is 3.42. The topological polar surface area (TPSA) is 58.2 Å². The Morgan fingerprint density at radius 1 is 0.864 bits per heavy atom. The number of carbonyl (C=O) groups is 2. The zero-order valence-electron chi connectivity index (χ0n) is 13.3. The Hall–Kier alpha value is -2.62. The van der Waals surface area contributed by atoms with Crippen LogP contribution in [0.5, 0.6) is 0 Å². The van der Waals surface area contributed by atoms with Gasteiger partial charge in [-0.15, -0.1) is 0 Å². The zero-order chi connectivity index (χ0) is 16.3. The van der Waals surface area contributed by atoms with Gasteiger partial charge in [0.2, 0.25) is 11.8 Å². The largest absolute Gasteiger partial charge is 0.326 e. The van der Waals surface area contributed by atoms with E-state index in [1.54, 1.807) is 0 Å². The Balaban J connectivity index is 2.48. The first-order chi connectivity index (χ1) is 10.4. The van der Waals surface area contributed by atoms with Crippen molar-refractivity contribution in [3.05, 3.63) is 47.5 Å². The fraction of sp³-hybridized carbons (Fsp3) is 0.222. The van der Waals surface area contributed by atoms with Crippen LogP contribution in [0.1, 0.15) is 25.0 Å². The molecule has 0 fully saturated rings. The lowest BCUT2D eigenvalue weighted by molar-refractivity contribution is -0.115. The van der Waals surface area contributed by atoms with Crippen LogP contribution < -0.4 is 10.6 Å². The molecule has 0 bridgehead atoms. The fourth-order valence-corrected chi connectivity index (χ4v) is 2.41. The monoisotopic (exact) mass is 296 g/mol. The van der Waals surface area contributed by atoms with Gasteiger partial charge < -0.3 is 10.6 Å². The average Bonchev–Trinajstić information content (AvgIpc) is 2.42. The summed E-state index contributed by atoms with van der Waals surface area (Å²) in [5.74, 6) is -0.188. The van der Waals surface area contributed by atoms with Crippen LogP contribution in [-0.4, -0.2) is 11.8 Å². The molecule has 2 amide bonds. The van der Waals surface area contributed by atoms with Crippen molar-refractivity contribution in [1.29, 1.82) is 0 Å². The van der Waals surface area contributed by atoms with Gasteiger partial charge in [0.15, 0.2) is 0 Å². The molecule has 2 rings (SSSR count). The lowest BCUT2D eigenvalue weighted by atomic mass is 9.98. The number of nitrogens with one attached hydrogen (secondary N) is 2. The molecule has 4 heteroatoms. The average molecular weight is 296 g/mol. The summed E-state index contributed by atoms with van der Waals surface area (Å²) in [7, 11) is 0. The molecule has 0 heterocycles. The van der Waals surface area contributed by atoms with Crippen molar-refractivity contribution in [2.75, 3.05) is 10.6 Å². The summed E-state index contributed by atoms with van der Waals surface area (Å²) in [6, 6.07) is 11.7. The molecule has 0 saturated carbocycles. The Morgan fingerprint density at radius 3 is 2.14 bits per heavy atom. The molecule has 0 spiro atoms. The van der Waals surface area contributed by atoms with Gasteiger partial charge in [0.25, 0.3) is 0 Å². The van der Waals surface area contributed by atoms with Gasteiger partial charge >= 0.3 is 0 Å². The van der Waals surface area contributed by atoms with Crippen molar-refractivity contribution < 1.29 is 9.59 Å². The van der Waals surface area contributed by atoms with E-state index < -0.39 is 0 Å². The van der Waals surface area contributed by atoms with Gasteiger partial charge in [0.05, 0.1) is 5.69 Å². The summed E-state index contributed by atoms with van der Waals surface area (Å²) in [5, 5.41) is 5.70. The maximum Gasteiger partial charge on any atom is 0.221 e. The van der Waals surface area contributed by atoms with Gasteiger partial charge in [0, 0.05) is 25.1 Å². The Labute approximate surface area is 130 Å². The lowest BCUT2D eigenvalue weighted by Crippen LogP contribution is -2.09. The molecule has 0 radical (unpaired) electrons. The second-order valence-corrected chi connectivity index (χ2v) is 5.39. The third kappa shape index (κ3) is 3.52. The van der Waals surface area contributed by atoms with Crippen molar-refractivity contribution in [2.24, 2.45) is 0 Å². The maximum atomic E-state index is 11.4. The van der Waals surface area contributed by atoms with Gasteiger partial charge in [-0.3, -0.25) is 9.59 Å². The number of aryl methyl sites for hydroxylation is 2. The number of rotatable bonds is 3. The van der Waals surface area contributed by atoms with E-state index in [0.717, 1.165) is 33.6 Å². The van der Waals surface area contributed by atoms with Crippen LogP contribution in [0.4, 0.5) is 11.4 Å². The fourth-order valence-electron chi connectivity index (χ4n) is 2.41. The maximum absolute atomic E-state index is 11.4. The van der Waals surface area contributed by atoms with Crippen LogP contribution in [0.2, 0.25) is 0 Å². The van der Waals surface area contributed by atoms with Crippen LogP contribution in [0, 0.1) is 13.8 Å². The van der Waals surface area contributed by atoms with Crippen LogP contribution in [-0.2, 0) is 9.59 Å². The Kier molecular flexibility index (Phi) is 4.61. The van der Waals surface area contributed by atoms with Crippen LogP contribution in [0.25, 0.3) is 11.1 Å². The molecule has 4 nitrogen and oxygen atoms in total. The summed E-state index contributed by atoms with van der Waals surface area (Å²) in [4.78, 5) is 22.6. The highest BCUT2D eigenvalue weighted by Gasteiger charge is 2.10. The van der Waals surface area contributed by atoms with E-state index in [1.807, 2.05) is 50.2 Å². The SMILES string of the molecule is CC(=O)Nc1ccc(-c2cccc(C)c2NC(C)=O)cc1C. The van der Waals surface area contributed by atoms with Crippen molar-refractivity contribution in [1.82, 2.24) is 0 Å². The first-order valence-corrected chi connectivity index (χ1v) is 7.14. The van der Waals surface area contributed by atoms with E-state index >= 15 is 0 Å². The van der Waals surface area contributed by atoms with Crippen molar-refractivity contribution in [3.63, 3.8) is 0 Å². The molecule has 0 unspecified atom stereocenters. The molecule has 0 saturated heterocycles. The highest BCUT2D eigenvalue weighted by molar-refractivity contribution is 5.96. The van der Waals surface area contributed by atoms with E-state index in [2.05, 4.69) is 10.6 Å². The standard InChI is InChI=1S/C18H20N2O2/c1-11-6-5-7-16(18(11)20-14(4)22)15-8-9-17(12(2)10-15)19-13(3)21/h5-10H,1-4H3,(H,19,21)(H,20,22). The molecule has 2 aromatic carbocycles. The Morgan fingerprint density at radius 2 is 1.55 bits per heavy atom.